The molecular weight excluding hydrogens is 334 g/mol. The number of nitrogens with zero attached hydrogens (tertiary/aromatic N) is 2. The fraction of sp³-hybridized carbons (Fsp3) is 0.105. The van der Waals surface area contributed by atoms with Gasteiger partial charge in [0.1, 0.15) is 12.4 Å². The molecule has 0 fully saturated rings. The van der Waals surface area contributed by atoms with Gasteiger partial charge in [0.15, 0.2) is 11.5 Å². The minimum absolute atomic E-state index is 0.163. The molecule has 1 aliphatic rings. The van der Waals surface area contributed by atoms with Crippen LogP contribution in [0.25, 0.3) is 0 Å². The average Bonchev–Trinajstić information content (AvgIpc) is 2.70. The van der Waals surface area contributed by atoms with Gasteiger partial charge in [0, 0.05) is 18.1 Å². The number of fused-ring (bicyclic) bond motifs is 1. The van der Waals surface area contributed by atoms with Crippen molar-refractivity contribution >= 4 is 11.6 Å². The topological polar surface area (TPSA) is 82.6 Å². The predicted molar refractivity (Wildman–Crippen MR) is 93.5 cm³/mol. The van der Waals surface area contributed by atoms with Gasteiger partial charge < -0.3 is 19.5 Å². The van der Waals surface area contributed by atoms with Crippen molar-refractivity contribution in [2.24, 2.45) is 0 Å². The second kappa shape index (κ2) is 7.10. The molecule has 0 saturated heterocycles. The molecule has 7 nitrogen and oxygen atoms in total. The van der Waals surface area contributed by atoms with Crippen LogP contribution in [-0.4, -0.2) is 28.6 Å². The first-order chi connectivity index (χ1) is 12.8. The first-order valence-electron chi connectivity index (χ1n) is 8.01. The number of ether oxygens (including phenoxy) is 3. The van der Waals surface area contributed by atoms with E-state index in [0.717, 1.165) is 0 Å². The lowest BCUT2D eigenvalue weighted by atomic mass is 10.2. The number of carbonyl (C=O) groups is 1. The molecule has 0 bridgehead atoms. The van der Waals surface area contributed by atoms with Crippen LogP contribution in [-0.2, 0) is 4.79 Å². The molecule has 1 N–H and O–H groups in total. The maximum Gasteiger partial charge on any atom is 0.269 e. The Kier molecular flexibility index (Phi) is 4.34. The summed E-state index contributed by atoms with van der Waals surface area (Å²) in [5.41, 5.74) is 0.629. The third-order valence-corrected chi connectivity index (χ3v) is 3.68. The molecule has 26 heavy (non-hydrogen) atoms. The van der Waals surface area contributed by atoms with E-state index in [1.807, 2.05) is 12.1 Å². The van der Waals surface area contributed by atoms with Gasteiger partial charge in [0.05, 0.1) is 6.20 Å². The Labute approximate surface area is 149 Å². The van der Waals surface area contributed by atoms with E-state index in [1.165, 1.54) is 6.20 Å². The number of anilines is 1. The zero-order chi connectivity index (χ0) is 17.8. The monoisotopic (exact) mass is 349 g/mol. The second-order valence-corrected chi connectivity index (χ2v) is 5.52. The third kappa shape index (κ3) is 3.56. The lowest BCUT2D eigenvalue weighted by Gasteiger charge is -2.25. The fourth-order valence-electron chi connectivity index (χ4n) is 2.44. The number of hydrogen-bond donors (Lipinski definition) is 1. The summed E-state index contributed by atoms with van der Waals surface area (Å²) in [5, 5.41) is 2.81. The number of hydrogen-bond acceptors (Lipinski definition) is 6. The van der Waals surface area contributed by atoms with Crippen LogP contribution >= 0.6 is 0 Å². The summed E-state index contributed by atoms with van der Waals surface area (Å²) < 4.78 is 16.8. The summed E-state index contributed by atoms with van der Waals surface area (Å²) in [4.78, 5) is 20.4. The van der Waals surface area contributed by atoms with Crippen molar-refractivity contribution in [3.8, 4) is 23.1 Å². The Morgan fingerprint density at radius 2 is 1.88 bits per heavy atom. The summed E-state index contributed by atoms with van der Waals surface area (Å²) in [7, 11) is 0. The average molecular weight is 349 g/mol. The number of para-hydroxylation sites is 2. The molecule has 1 aromatic heterocycles. The van der Waals surface area contributed by atoms with E-state index in [0.29, 0.717) is 28.8 Å². The van der Waals surface area contributed by atoms with E-state index in [1.54, 1.807) is 48.8 Å². The second-order valence-electron chi connectivity index (χ2n) is 5.52. The molecule has 1 amide bonds. The highest BCUT2D eigenvalue weighted by Gasteiger charge is 2.27. The predicted octanol–water partition coefficient (Wildman–Crippen LogP) is 3.05. The van der Waals surface area contributed by atoms with E-state index < -0.39 is 6.10 Å². The van der Waals surface area contributed by atoms with Crippen molar-refractivity contribution in [1.29, 1.82) is 0 Å². The minimum atomic E-state index is -0.708. The molecule has 4 rings (SSSR count). The summed E-state index contributed by atoms with van der Waals surface area (Å²) in [5.74, 6) is 1.92. The van der Waals surface area contributed by atoms with Crippen LogP contribution in [0.3, 0.4) is 0 Å². The molecule has 2 heterocycles. The van der Waals surface area contributed by atoms with Gasteiger partial charge in [0.25, 0.3) is 5.91 Å². The SMILES string of the molecule is O=C(Nc1ccc(Oc2cnccn2)cc1)C1COc2ccccc2O1. The molecular formula is C19H15N3O4. The molecule has 7 heteroatoms. The normalized spacial score (nSPS) is 15.2. The molecule has 2 aromatic carbocycles. The summed E-state index contributed by atoms with van der Waals surface area (Å²) in [6.45, 7) is 0.163. The highest BCUT2D eigenvalue weighted by atomic mass is 16.6. The lowest BCUT2D eigenvalue weighted by Crippen LogP contribution is -2.40. The highest BCUT2D eigenvalue weighted by molar-refractivity contribution is 5.94. The van der Waals surface area contributed by atoms with E-state index in [4.69, 9.17) is 14.2 Å². The number of rotatable bonds is 4. The number of carbonyl (C=O) groups excluding carboxylic acids is 1. The van der Waals surface area contributed by atoms with Crippen LogP contribution in [0.4, 0.5) is 5.69 Å². The van der Waals surface area contributed by atoms with Gasteiger partial charge in [-0.05, 0) is 36.4 Å². The van der Waals surface area contributed by atoms with Crippen molar-refractivity contribution in [2.75, 3.05) is 11.9 Å². The van der Waals surface area contributed by atoms with Gasteiger partial charge in [0.2, 0.25) is 12.0 Å². The maximum absolute atomic E-state index is 12.4. The number of benzene rings is 2. The van der Waals surface area contributed by atoms with Gasteiger partial charge in [-0.3, -0.25) is 9.78 Å². The Bertz CT molecular complexity index is 900. The molecule has 0 aliphatic carbocycles. The maximum atomic E-state index is 12.4. The fourth-order valence-corrected chi connectivity index (χ4v) is 2.44. The zero-order valence-electron chi connectivity index (χ0n) is 13.7. The van der Waals surface area contributed by atoms with Crippen molar-refractivity contribution in [2.45, 2.75) is 6.10 Å². The van der Waals surface area contributed by atoms with Crippen molar-refractivity contribution in [3.63, 3.8) is 0 Å². The lowest BCUT2D eigenvalue weighted by molar-refractivity contribution is -0.125. The largest absolute Gasteiger partial charge is 0.485 e. The standard InChI is InChI=1S/C19H15N3O4/c23-19(17-12-24-15-3-1-2-4-16(15)26-17)22-13-5-7-14(8-6-13)25-18-11-20-9-10-21-18/h1-11,17H,12H2,(H,22,23). The van der Waals surface area contributed by atoms with E-state index in [2.05, 4.69) is 15.3 Å². The van der Waals surface area contributed by atoms with Gasteiger partial charge in [-0.25, -0.2) is 4.98 Å². The summed E-state index contributed by atoms with van der Waals surface area (Å²) in [6, 6.07) is 14.2. The van der Waals surface area contributed by atoms with Crippen LogP contribution in [0.1, 0.15) is 0 Å². The number of amides is 1. The van der Waals surface area contributed by atoms with Gasteiger partial charge >= 0.3 is 0 Å². The Hall–Kier alpha value is -3.61. The van der Waals surface area contributed by atoms with Gasteiger partial charge in [-0.2, -0.15) is 0 Å². The third-order valence-electron chi connectivity index (χ3n) is 3.68. The van der Waals surface area contributed by atoms with Crippen molar-refractivity contribution in [3.05, 3.63) is 67.1 Å². The molecule has 3 aromatic rings. The van der Waals surface area contributed by atoms with E-state index >= 15 is 0 Å². The van der Waals surface area contributed by atoms with Gasteiger partial charge in [-0.15, -0.1) is 0 Å². The van der Waals surface area contributed by atoms with E-state index in [-0.39, 0.29) is 12.5 Å². The smallest absolute Gasteiger partial charge is 0.269 e. The zero-order valence-corrected chi connectivity index (χ0v) is 13.7. The highest BCUT2D eigenvalue weighted by Crippen LogP contribution is 2.31. The van der Waals surface area contributed by atoms with Crippen molar-refractivity contribution < 1.29 is 19.0 Å². The van der Waals surface area contributed by atoms with Crippen LogP contribution in [0.2, 0.25) is 0 Å². The van der Waals surface area contributed by atoms with Crippen LogP contribution < -0.4 is 19.5 Å². The molecule has 0 saturated carbocycles. The number of aromatic nitrogens is 2. The minimum Gasteiger partial charge on any atom is -0.485 e. The molecule has 1 atom stereocenters. The van der Waals surface area contributed by atoms with Crippen molar-refractivity contribution in [1.82, 2.24) is 9.97 Å². The Morgan fingerprint density at radius 3 is 2.65 bits per heavy atom. The van der Waals surface area contributed by atoms with Crippen LogP contribution in [0.5, 0.6) is 23.1 Å². The number of nitrogens with one attached hydrogen (secondary N) is 1. The first-order valence-corrected chi connectivity index (χ1v) is 8.01. The first kappa shape index (κ1) is 15.9. The Balaban J connectivity index is 1.37. The quantitative estimate of drug-likeness (QED) is 0.779. The molecule has 0 radical (unpaired) electrons. The van der Waals surface area contributed by atoms with Crippen LogP contribution in [0.15, 0.2) is 67.1 Å². The Morgan fingerprint density at radius 1 is 1.08 bits per heavy atom. The molecule has 0 spiro atoms. The van der Waals surface area contributed by atoms with E-state index in [9.17, 15) is 4.79 Å². The molecule has 130 valence electrons. The summed E-state index contributed by atoms with van der Waals surface area (Å²) >= 11 is 0. The summed E-state index contributed by atoms with van der Waals surface area (Å²) in [6.07, 6.45) is 3.93. The molecule has 1 unspecified atom stereocenters. The molecule has 1 aliphatic heterocycles. The van der Waals surface area contributed by atoms with Crippen LogP contribution in [0, 0.1) is 0 Å². The van der Waals surface area contributed by atoms with Gasteiger partial charge in [-0.1, -0.05) is 12.1 Å².